The van der Waals surface area contributed by atoms with Gasteiger partial charge in [0.2, 0.25) is 11.2 Å². The third-order valence-electron chi connectivity index (χ3n) is 22.2. The van der Waals surface area contributed by atoms with Crippen molar-refractivity contribution in [2.24, 2.45) is 0 Å². The van der Waals surface area contributed by atoms with Crippen molar-refractivity contribution in [2.45, 2.75) is 13.8 Å². The number of anilines is 2. The number of nitrogens with two attached hydrogens (primary N) is 2. The quantitative estimate of drug-likeness (QED) is 0.00598. The topological polar surface area (TPSA) is 534 Å². The number of carboxylic acid groups (broad SMARTS) is 1. The first kappa shape index (κ1) is 108. The van der Waals surface area contributed by atoms with Gasteiger partial charge in [-0.05, 0) is 116 Å². The third-order valence-corrected chi connectivity index (χ3v) is 22.2. The SMILES string of the molecule is COc1cc(C(=O)c2cc(OC)c(OC)cc2[N+](=O)[O-])c([N+](=O)[O-])cc1OC.COc1cc(C(=O)c2ccc(OC)c(OC)c2)ccc1C.COc1cc(N)c(C(=O)c2cc(OC)c(OC)cc2N)cc1OC.COc1cc2ncc3cnc4cc(OC)c(OC)cc4c3c2cc1OC.COc1ccc(C(=O)O)cc1OC.COc1ccc(C)cc1OC.O=c1cc2ncc3c[nH]c4cc(O)c(O)cc4c3c2cc1O. The first-order chi connectivity index (χ1) is 69.5. The number of rotatable bonds is 28. The molecule has 0 aliphatic heterocycles. The summed E-state index contributed by atoms with van der Waals surface area (Å²) in [7, 11) is 28.5. The molecule has 12 aromatic carbocycles. The van der Waals surface area contributed by atoms with E-state index in [2.05, 4.69) is 19.9 Å². The molecule has 9 N–H and O–H groups in total. The number of carboxylic acids is 1. The van der Waals surface area contributed by atoms with E-state index >= 15 is 0 Å². The lowest BCUT2D eigenvalue weighted by molar-refractivity contribution is -0.385. The van der Waals surface area contributed by atoms with Crippen LogP contribution in [0.3, 0.4) is 0 Å². The number of aryl methyl sites for hydroxylation is 2. The van der Waals surface area contributed by atoms with Crippen molar-refractivity contribution >= 4 is 111 Å². The van der Waals surface area contributed by atoms with Gasteiger partial charge < -0.3 is 127 Å². The van der Waals surface area contributed by atoms with E-state index in [0.717, 1.165) is 84.7 Å². The molecule has 0 saturated heterocycles. The Labute approximate surface area is 828 Å². The number of benzene rings is 12. The van der Waals surface area contributed by atoms with E-state index in [1.807, 2.05) is 74.8 Å². The Balaban J connectivity index is 0.000000176. The molecule has 0 aliphatic rings. The summed E-state index contributed by atoms with van der Waals surface area (Å²) < 4.78 is 98.4. The predicted octanol–water partition coefficient (Wildman–Crippen LogP) is 17.9. The molecule has 0 unspecified atom stereocenters. The Bertz CT molecular complexity index is 7400. The molecule has 4 aromatic heterocycles. The molecule has 0 radical (unpaired) electrons. The zero-order chi connectivity index (χ0) is 106. The highest BCUT2D eigenvalue weighted by Gasteiger charge is 2.33. The number of aromatic nitrogens is 4. The zero-order valence-corrected chi connectivity index (χ0v) is 82.6. The van der Waals surface area contributed by atoms with E-state index in [4.69, 9.17) is 107 Å². The molecule has 0 amide bonds. The fourth-order valence-corrected chi connectivity index (χ4v) is 14.8. The molecule has 0 bridgehead atoms. The number of carbonyl (C=O) groups is 4. The van der Waals surface area contributed by atoms with Crippen molar-refractivity contribution in [1.29, 1.82) is 0 Å². The van der Waals surface area contributed by atoms with E-state index in [9.17, 15) is 59.5 Å². The summed E-state index contributed by atoms with van der Waals surface area (Å²) >= 11 is 0. The van der Waals surface area contributed by atoms with Crippen LogP contribution < -0.4 is 107 Å². The number of nitrogen functional groups attached to an aromatic ring is 2. The van der Waals surface area contributed by atoms with E-state index in [1.165, 1.54) is 137 Å². The molecule has 756 valence electrons. The molecule has 16 aromatic rings. The summed E-state index contributed by atoms with van der Waals surface area (Å²) in [5.74, 6) is 5.54. The lowest BCUT2D eigenvalue weighted by Crippen LogP contribution is -2.10. The van der Waals surface area contributed by atoms with Gasteiger partial charge in [0.15, 0.2) is 132 Å². The minimum Gasteiger partial charge on any atom is -0.504 e. The van der Waals surface area contributed by atoms with Gasteiger partial charge in [0.1, 0.15) is 16.9 Å². The number of nitro groups is 2. The number of methoxy groups -OCH3 is 19. The van der Waals surface area contributed by atoms with Crippen LogP contribution in [0, 0.1) is 34.1 Å². The Morgan fingerprint density at radius 2 is 0.614 bits per heavy atom. The molecule has 0 saturated carbocycles. The average molecular weight is 1990 g/mol. The molecular formula is C105H104N8O32. The molecule has 4 heterocycles. The van der Waals surface area contributed by atoms with Gasteiger partial charge in [0.25, 0.3) is 11.4 Å². The number of hydrogen-bond donors (Lipinski definition) is 7. The maximum atomic E-state index is 13.0. The fraction of sp³-hybridized carbons (Fsp3) is 0.200. The van der Waals surface area contributed by atoms with Crippen LogP contribution in [-0.4, -0.2) is 209 Å². The van der Waals surface area contributed by atoms with Gasteiger partial charge in [-0.3, -0.25) is 54.4 Å². The molecule has 145 heavy (non-hydrogen) atoms. The number of H-pyrrole nitrogens is 1. The summed E-state index contributed by atoms with van der Waals surface area (Å²) in [6, 6.07) is 44.2. The number of aromatic amines is 1. The molecule has 0 fully saturated rings. The molecule has 40 heteroatoms. The average Bonchev–Trinajstić information content (AvgIpc) is 0.749. The minimum atomic E-state index is -0.985. The van der Waals surface area contributed by atoms with Crippen molar-refractivity contribution < 1.29 is 139 Å². The van der Waals surface area contributed by atoms with Gasteiger partial charge in [-0.25, -0.2) is 4.79 Å². The second kappa shape index (κ2) is 49.1. The summed E-state index contributed by atoms with van der Waals surface area (Å²) in [6.45, 7) is 3.95. The third kappa shape index (κ3) is 24.3. The van der Waals surface area contributed by atoms with Crippen LogP contribution in [-0.2, 0) is 0 Å². The van der Waals surface area contributed by atoms with Crippen molar-refractivity contribution in [3.63, 3.8) is 0 Å². The van der Waals surface area contributed by atoms with Crippen LogP contribution >= 0.6 is 0 Å². The number of nitrogens with one attached hydrogen (secondary N) is 1. The van der Waals surface area contributed by atoms with E-state index in [0.29, 0.717) is 108 Å². The summed E-state index contributed by atoms with van der Waals surface area (Å²) in [5, 5.41) is 67.3. The van der Waals surface area contributed by atoms with Gasteiger partial charge in [-0.15, -0.1) is 0 Å². The molecule has 16 rings (SSSR count). The number of aromatic carboxylic acids is 1. The summed E-state index contributed by atoms with van der Waals surface area (Å²) in [5.41, 5.74) is 16.7. The number of ketones is 3. The predicted molar refractivity (Wildman–Crippen MR) is 542 cm³/mol. The largest absolute Gasteiger partial charge is 0.504 e. The van der Waals surface area contributed by atoms with Gasteiger partial charge >= 0.3 is 5.97 Å². The van der Waals surface area contributed by atoms with Crippen LogP contribution in [0.25, 0.3) is 65.2 Å². The highest BCUT2D eigenvalue weighted by atomic mass is 16.6. The maximum absolute atomic E-state index is 13.0. The monoisotopic (exact) mass is 1990 g/mol. The lowest BCUT2D eigenvalue weighted by Gasteiger charge is -2.14. The molecule has 40 nitrogen and oxygen atoms in total. The maximum Gasteiger partial charge on any atom is 0.335 e. The highest BCUT2D eigenvalue weighted by Crippen LogP contribution is 2.46. The Kier molecular flexibility index (Phi) is 36.6. The Morgan fingerprint density at radius 3 is 1.03 bits per heavy atom. The van der Waals surface area contributed by atoms with E-state index in [-0.39, 0.29) is 79.9 Å². The van der Waals surface area contributed by atoms with Crippen molar-refractivity contribution in [3.8, 4) is 126 Å². The summed E-state index contributed by atoms with van der Waals surface area (Å²) in [4.78, 5) is 98.2. The van der Waals surface area contributed by atoms with Gasteiger partial charge in [-0.1, -0.05) is 18.2 Å². The van der Waals surface area contributed by atoms with Gasteiger partial charge in [0, 0.05) is 156 Å². The zero-order valence-electron chi connectivity index (χ0n) is 82.6. The summed E-state index contributed by atoms with van der Waals surface area (Å²) in [6.07, 6.45) is 6.94. The number of nitro benzene ring substituents is 2. The highest BCUT2D eigenvalue weighted by molar-refractivity contribution is 6.21. The Hall–Kier alpha value is -18.9. The number of phenolic OH excluding ortho intramolecular Hbond substituents is 3. The number of carbonyl (C=O) groups excluding carboxylic acids is 3. The number of pyridine rings is 4. The number of aromatic hydroxyl groups is 3. The van der Waals surface area contributed by atoms with E-state index in [1.54, 1.807) is 113 Å². The number of fused-ring (bicyclic) bond motifs is 10. The number of hydrogen-bond acceptors (Lipinski definition) is 36. The molecule has 0 atom stereocenters. The minimum absolute atomic E-state index is 0.0348. The normalized spacial score (nSPS) is 10.4. The molecular weight excluding hydrogens is 1890 g/mol. The first-order valence-electron chi connectivity index (χ1n) is 42.9. The lowest BCUT2D eigenvalue weighted by atomic mass is 9.99. The van der Waals surface area contributed by atoms with E-state index < -0.39 is 49.5 Å². The number of phenols is 3. The smallest absolute Gasteiger partial charge is 0.335 e. The van der Waals surface area contributed by atoms with Crippen molar-refractivity contribution in [3.05, 3.63) is 275 Å². The second-order valence-corrected chi connectivity index (χ2v) is 30.4. The van der Waals surface area contributed by atoms with Crippen LogP contribution in [0.15, 0.2) is 199 Å². The van der Waals surface area contributed by atoms with Gasteiger partial charge in [0.05, 0.1) is 179 Å². The van der Waals surface area contributed by atoms with Crippen LogP contribution in [0.5, 0.6) is 126 Å². The number of ether oxygens (including phenoxy) is 19. The second-order valence-electron chi connectivity index (χ2n) is 30.4. The van der Waals surface area contributed by atoms with Crippen molar-refractivity contribution in [2.75, 3.05) is 147 Å². The fourth-order valence-electron chi connectivity index (χ4n) is 14.8. The standard InChI is InChI=1S/C20H18N2O4.C17H16N2O9.C17H20N2O5.C17H18O4.C16H10N2O4.C9H10O4.C9H12O2/c1-23-16-5-12-14(7-18(16)25-3)21-9-11-10-22-15-8-19(26-4)17(24-2)6-13(15)20(11)12;1-25-13-5-9(11(18(21)22)7-15(13)27-3)17(20)10-6-14(26-2)16(28-4)8-12(10)19(23)24;1-21-13-5-9(11(18)7-15(13)23-3)17(20)10-6-14(22-2)16(24-4)8-12(10)19;1-11-5-6-12(9-15(11)20-3)17(18)13-7-8-14(19-2)16(10-13)21-4;19-12-1-8-10(3-14(12)21)17-5-7-6-18-11-4-15(22)13(20)2-9(11)16(7)8;1-12-7-4-3-6(9(10)11)5-8(7)13-2;1-7-4-5-8(10-2)9(6-7)11-3/h5-10H,1-4H3;5-8H,1-4H3;5-8H,18-19H2,1-4H3;5-10H,1-4H3;1-6,17,19-21H;3-5H,1-2H3,(H,10,11);4-6H,1-3H3. The number of nitrogens with zero attached hydrogens (tertiary/aromatic N) is 5. The van der Waals surface area contributed by atoms with Crippen LogP contribution in [0.1, 0.15) is 69.2 Å². The van der Waals surface area contributed by atoms with Crippen LogP contribution in [0.4, 0.5) is 22.7 Å². The van der Waals surface area contributed by atoms with Gasteiger partial charge in [-0.2, -0.15) is 0 Å². The van der Waals surface area contributed by atoms with Crippen molar-refractivity contribution in [1.82, 2.24) is 19.9 Å². The molecule has 0 spiro atoms. The Morgan fingerprint density at radius 1 is 0.310 bits per heavy atom. The first-order valence-corrected chi connectivity index (χ1v) is 42.9. The van der Waals surface area contributed by atoms with Crippen LogP contribution in [0.2, 0.25) is 0 Å². The molecule has 0 aliphatic carbocycles.